The Bertz CT molecular complexity index is 1480. The predicted octanol–water partition coefficient (Wildman–Crippen LogP) is 5.80. The molecule has 0 saturated carbocycles. The third-order valence-corrected chi connectivity index (χ3v) is 5.71. The standard InChI is InChI=1S/C25H16F2N4O2S/c1-15(32)31(23-10-9-18(26)12-21(23)27)25-29-19(14-34-25)11-17(13-28)24(33)30-22-8-4-6-16-5-2-3-7-20(16)22/h2-12,14H,1H3,(H,30,33)/b17-11+. The van der Waals surface area contributed by atoms with Crippen LogP contribution in [0.4, 0.5) is 25.3 Å². The molecule has 0 aliphatic rings. The van der Waals surface area contributed by atoms with Crippen molar-refractivity contribution in [2.75, 3.05) is 10.2 Å². The number of benzene rings is 3. The Morgan fingerprint density at radius 1 is 1.12 bits per heavy atom. The number of thiazole rings is 1. The van der Waals surface area contributed by atoms with Crippen molar-refractivity contribution in [1.29, 1.82) is 5.26 Å². The lowest BCUT2D eigenvalue weighted by atomic mass is 10.1. The Kier molecular flexibility index (Phi) is 6.43. The number of halogens is 2. The number of nitriles is 1. The maximum absolute atomic E-state index is 14.3. The number of fused-ring (bicyclic) bond motifs is 1. The number of hydrogen-bond donors (Lipinski definition) is 1. The molecule has 4 aromatic rings. The Hall–Kier alpha value is -4.42. The Labute approximate surface area is 197 Å². The summed E-state index contributed by atoms with van der Waals surface area (Å²) in [6.45, 7) is 1.22. The van der Waals surface area contributed by atoms with E-state index in [2.05, 4.69) is 10.3 Å². The average Bonchev–Trinajstić information content (AvgIpc) is 3.27. The fraction of sp³-hybridized carbons (Fsp3) is 0.0400. The van der Waals surface area contributed by atoms with Crippen LogP contribution in [0.25, 0.3) is 16.8 Å². The monoisotopic (exact) mass is 474 g/mol. The van der Waals surface area contributed by atoms with Crippen molar-refractivity contribution in [3.63, 3.8) is 0 Å². The minimum atomic E-state index is -0.922. The highest BCUT2D eigenvalue weighted by molar-refractivity contribution is 7.14. The van der Waals surface area contributed by atoms with Crippen LogP contribution in [0.3, 0.4) is 0 Å². The normalized spacial score (nSPS) is 11.2. The average molecular weight is 474 g/mol. The molecule has 4 rings (SSSR count). The van der Waals surface area contributed by atoms with Crippen molar-refractivity contribution >= 4 is 56.5 Å². The zero-order chi connectivity index (χ0) is 24.2. The van der Waals surface area contributed by atoms with Crippen molar-refractivity contribution in [2.24, 2.45) is 0 Å². The van der Waals surface area contributed by atoms with E-state index in [1.807, 2.05) is 36.4 Å². The molecule has 0 aliphatic heterocycles. The first-order valence-corrected chi connectivity index (χ1v) is 10.9. The van der Waals surface area contributed by atoms with Gasteiger partial charge in [0.1, 0.15) is 23.3 Å². The van der Waals surface area contributed by atoms with E-state index >= 15 is 0 Å². The van der Waals surface area contributed by atoms with Gasteiger partial charge in [0.2, 0.25) is 5.91 Å². The van der Waals surface area contributed by atoms with Gasteiger partial charge in [-0.1, -0.05) is 36.4 Å². The van der Waals surface area contributed by atoms with Gasteiger partial charge in [-0.2, -0.15) is 5.26 Å². The number of hydrogen-bond acceptors (Lipinski definition) is 5. The molecule has 0 spiro atoms. The van der Waals surface area contributed by atoms with Crippen LogP contribution in [-0.4, -0.2) is 16.8 Å². The number of nitrogens with zero attached hydrogens (tertiary/aromatic N) is 3. The maximum Gasteiger partial charge on any atom is 0.266 e. The lowest BCUT2D eigenvalue weighted by Gasteiger charge is -2.18. The van der Waals surface area contributed by atoms with Crippen molar-refractivity contribution in [3.8, 4) is 6.07 Å². The van der Waals surface area contributed by atoms with E-state index in [1.165, 1.54) is 18.4 Å². The molecule has 0 atom stereocenters. The Morgan fingerprint density at radius 3 is 2.62 bits per heavy atom. The molecule has 2 amide bonds. The van der Waals surface area contributed by atoms with Crippen molar-refractivity contribution < 1.29 is 18.4 Å². The predicted molar refractivity (Wildman–Crippen MR) is 127 cm³/mol. The largest absolute Gasteiger partial charge is 0.321 e. The third-order valence-electron chi connectivity index (χ3n) is 4.86. The molecule has 0 aliphatic carbocycles. The van der Waals surface area contributed by atoms with Gasteiger partial charge in [0.25, 0.3) is 5.91 Å². The van der Waals surface area contributed by atoms with Crippen LogP contribution in [0.5, 0.6) is 0 Å². The molecule has 3 aromatic carbocycles. The van der Waals surface area contributed by atoms with Gasteiger partial charge < -0.3 is 5.32 Å². The van der Waals surface area contributed by atoms with Crippen LogP contribution in [0.15, 0.2) is 71.6 Å². The van der Waals surface area contributed by atoms with E-state index in [9.17, 15) is 23.6 Å². The van der Waals surface area contributed by atoms with Crippen LogP contribution in [0.2, 0.25) is 0 Å². The van der Waals surface area contributed by atoms with Crippen molar-refractivity contribution in [3.05, 3.63) is 88.9 Å². The minimum absolute atomic E-state index is 0.107. The molecule has 1 aromatic heterocycles. The second kappa shape index (κ2) is 9.60. The molecule has 1 N–H and O–H groups in total. The summed E-state index contributed by atoms with van der Waals surface area (Å²) in [5.74, 6) is -2.86. The highest BCUT2D eigenvalue weighted by atomic mass is 32.1. The zero-order valence-corrected chi connectivity index (χ0v) is 18.6. The third kappa shape index (κ3) is 4.67. The van der Waals surface area contributed by atoms with Crippen LogP contribution in [0.1, 0.15) is 12.6 Å². The number of carbonyl (C=O) groups excluding carboxylic acids is 2. The lowest BCUT2D eigenvalue weighted by Crippen LogP contribution is -2.23. The molecular formula is C25H16F2N4O2S. The van der Waals surface area contributed by atoms with Crippen LogP contribution < -0.4 is 10.2 Å². The first kappa shape index (κ1) is 22.8. The summed E-state index contributed by atoms with van der Waals surface area (Å²) in [5, 5.41) is 15.7. The van der Waals surface area contributed by atoms with Crippen molar-refractivity contribution in [2.45, 2.75) is 6.92 Å². The fourth-order valence-corrected chi connectivity index (χ4v) is 4.17. The quantitative estimate of drug-likeness (QED) is 0.292. The molecule has 1 heterocycles. The van der Waals surface area contributed by atoms with E-state index in [1.54, 1.807) is 12.1 Å². The topological polar surface area (TPSA) is 86.1 Å². The Balaban J connectivity index is 1.62. The number of amides is 2. The first-order valence-electron chi connectivity index (χ1n) is 9.99. The minimum Gasteiger partial charge on any atom is -0.321 e. The van der Waals surface area contributed by atoms with Crippen molar-refractivity contribution in [1.82, 2.24) is 4.98 Å². The van der Waals surface area contributed by atoms with Gasteiger partial charge in [-0.15, -0.1) is 11.3 Å². The smallest absolute Gasteiger partial charge is 0.266 e. The molecule has 34 heavy (non-hydrogen) atoms. The highest BCUT2D eigenvalue weighted by Gasteiger charge is 2.22. The molecule has 9 heteroatoms. The molecule has 0 unspecified atom stereocenters. The lowest BCUT2D eigenvalue weighted by molar-refractivity contribution is -0.116. The Morgan fingerprint density at radius 2 is 1.88 bits per heavy atom. The molecule has 0 saturated heterocycles. The van der Waals surface area contributed by atoms with Crippen LogP contribution in [-0.2, 0) is 9.59 Å². The second-order valence-electron chi connectivity index (χ2n) is 7.16. The van der Waals surface area contributed by atoms with E-state index in [0.29, 0.717) is 11.8 Å². The van der Waals surface area contributed by atoms with E-state index in [-0.39, 0.29) is 22.1 Å². The molecular weight excluding hydrogens is 458 g/mol. The van der Waals surface area contributed by atoms with Gasteiger partial charge in [-0.05, 0) is 29.7 Å². The van der Waals surface area contributed by atoms with Gasteiger partial charge in [0.05, 0.1) is 11.4 Å². The number of anilines is 3. The molecule has 0 fully saturated rings. The first-order chi connectivity index (χ1) is 16.4. The summed E-state index contributed by atoms with van der Waals surface area (Å²) < 4.78 is 27.6. The summed E-state index contributed by atoms with van der Waals surface area (Å²) in [6.07, 6.45) is 1.28. The number of aromatic nitrogens is 1. The van der Waals surface area contributed by atoms with E-state index in [4.69, 9.17) is 0 Å². The summed E-state index contributed by atoms with van der Waals surface area (Å²) in [7, 11) is 0. The highest BCUT2D eigenvalue weighted by Crippen LogP contribution is 2.32. The SMILES string of the molecule is CC(=O)N(c1nc(/C=C(\C#N)C(=O)Nc2cccc3ccccc23)cs1)c1ccc(F)cc1F. The zero-order valence-electron chi connectivity index (χ0n) is 17.8. The summed E-state index contributed by atoms with van der Waals surface area (Å²) >= 11 is 1.01. The molecule has 168 valence electrons. The van der Waals surface area contributed by atoms with E-state index < -0.39 is 23.4 Å². The van der Waals surface area contributed by atoms with Crippen LogP contribution >= 0.6 is 11.3 Å². The molecule has 6 nitrogen and oxygen atoms in total. The number of carbonyl (C=O) groups is 2. The van der Waals surface area contributed by atoms with Gasteiger partial charge in [-0.3, -0.25) is 14.5 Å². The molecule has 0 bridgehead atoms. The van der Waals surface area contributed by atoms with Gasteiger partial charge >= 0.3 is 0 Å². The van der Waals surface area contributed by atoms with Gasteiger partial charge in [0, 0.05) is 29.4 Å². The maximum atomic E-state index is 14.3. The van der Waals surface area contributed by atoms with E-state index in [0.717, 1.165) is 39.1 Å². The number of nitrogens with one attached hydrogen (secondary N) is 1. The summed E-state index contributed by atoms with van der Waals surface area (Å²) in [6, 6.07) is 17.7. The number of rotatable bonds is 5. The summed E-state index contributed by atoms with van der Waals surface area (Å²) in [5.41, 5.74) is 0.427. The van der Waals surface area contributed by atoms with Gasteiger partial charge in [-0.25, -0.2) is 13.8 Å². The van der Waals surface area contributed by atoms with Crippen LogP contribution in [0, 0.1) is 23.0 Å². The second-order valence-corrected chi connectivity index (χ2v) is 7.99. The van der Waals surface area contributed by atoms with Gasteiger partial charge in [0.15, 0.2) is 5.13 Å². The fourth-order valence-electron chi connectivity index (χ4n) is 3.34. The molecule has 0 radical (unpaired) electrons. The summed E-state index contributed by atoms with van der Waals surface area (Å²) in [4.78, 5) is 30.2.